The quantitative estimate of drug-likeness (QED) is 0.792. The maximum absolute atomic E-state index is 12.2. The molecule has 0 unspecified atom stereocenters. The lowest BCUT2D eigenvalue weighted by molar-refractivity contribution is -0.111. The van der Waals surface area contributed by atoms with Gasteiger partial charge in [0.1, 0.15) is 5.75 Å². The Labute approximate surface area is 147 Å². The highest BCUT2D eigenvalue weighted by Crippen LogP contribution is 2.16. The molecule has 0 bridgehead atoms. The van der Waals surface area contributed by atoms with Crippen molar-refractivity contribution in [3.05, 3.63) is 65.7 Å². The van der Waals surface area contributed by atoms with Gasteiger partial charge in [0.15, 0.2) is 0 Å². The van der Waals surface area contributed by atoms with Gasteiger partial charge < -0.3 is 15.4 Å². The van der Waals surface area contributed by atoms with Crippen molar-refractivity contribution in [1.29, 1.82) is 0 Å². The van der Waals surface area contributed by atoms with E-state index >= 15 is 0 Å². The molecule has 130 valence electrons. The van der Waals surface area contributed by atoms with E-state index in [1.54, 1.807) is 37.5 Å². The predicted molar refractivity (Wildman–Crippen MR) is 99.7 cm³/mol. The summed E-state index contributed by atoms with van der Waals surface area (Å²) in [6.07, 6.45) is 3.13. The Balaban J connectivity index is 2.07. The number of benzene rings is 2. The molecule has 5 nitrogen and oxygen atoms in total. The lowest BCUT2D eigenvalue weighted by atomic mass is 10.1. The Morgan fingerprint density at radius 3 is 2.36 bits per heavy atom. The predicted octanol–water partition coefficient (Wildman–Crippen LogP) is 3.49. The first kappa shape index (κ1) is 18.3. The van der Waals surface area contributed by atoms with E-state index in [2.05, 4.69) is 10.6 Å². The highest BCUT2D eigenvalue weighted by molar-refractivity contribution is 6.07. The van der Waals surface area contributed by atoms with Crippen LogP contribution in [0.5, 0.6) is 5.75 Å². The standard InChI is InChI=1S/C20H22N2O3/c1-14(2)21-20(24)17-6-4-5-7-18(17)22-19(23)13-10-15-8-11-16(25-3)12-9-15/h4-14H,1-3H3,(H,21,24)(H,22,23). The molecular weight excluding hydrogens is 316 g/mol. The monoisotopic (exact) mass is 338 g/mol. The van der Waals surface area contributed by atoms with Gasteiger partial charge in [-0.1, -0.05) is 24.3 Å². The van der Waals surface area contributed by atoms with E-state index < -0.39 is 0 Å². The second kappa shape index (κ2) is 8.68. The second-order valence-corrected chi connectivity index (χ2v) is 5.77. The van der Waals surface area contributed by atoms with E-state index in [1.165, 1.54) is 6.08 Å². The Morgan fingerprint density at radius 1 is 1.04 bits per heavy atom. The normalized spacial score (nSPS) is 10.7. The summed E-state index contributed by atoms with van der Waals surface area (Å²) >= 11 is 0. The molecule has 0 atom stereocenters. The minimum Gasteiger partial charge on any atom is -0.497 e. The van der Waals surface area contributed by atoms with Crippen LogP contribution in [0.2, 0.25) is 0 Å². The molecule has 0 fully saturated rings. The molecule has 2 aromatic carbocycles. The molecule has 0 radical (unpaired) electrons. The number of ether oxygens (including phenoxy) is 1. The highest BCUT2D eigenvalue weighted by Gasteiger charge is 2.12. The first-order chi connectivity index (χ1) is 12.0. The molecule has 0 aliphatic carbocycles. The van der Waals surface area contributed by atoms with E-state index in [-0.39, 0.29) is 17.9 Å². The van der Waals surface area contributed by atoms with Crippen LogP contribution in [0.25, 0.3) is 6.08 Å². The van der Waals surface area contributed by atoms with Crippen molar-refractivity contribution in [2.45, 2.75) is 19.9 Å². The van der Waals surface area contributed by atoms with Gasteiger partial charge >= 0.3 is 0 Å². The summed E-state index contributed by atoms with van der Waals surface area (Å²) in [7, 11) is 1.60. The number of carbonyl (C=O) groups is 2. The van der Waals surface area contributed by atoms with Gasteiger partial charge in [-0.2, -0.15) is 0 Å². The van der Waals surface area contributed by atoms with Gasteiger partial charge in [-0.25, -0.2) is 0 Å². The molecule has 2 N–H and O–H groups in total. The van der Waals surface area contributed by atoms with Crippen molar-refractivity contribution in [3.8, 4) is 5.75 Å². The number of anilines is 1. The number of amides is 2. The number of rotatable bonds is 6. The van der Waals surface area contributed by atoms with Gasteiger partial charge in [0.25, 0.3) is 5.91 Å². The number of methoxy groups -OCH3 is 1. The van der Waals surface area contributed by atoms with Crippen molar-refractivity contribution >= 4 is 23.6 Å². The maximum atomic E-state index is 12.2. The van der Waals surface area contributed by atoms with E-state index in [4.69, 9.17) is 4.74 Å². The van der Waals surface area contributed by atoms with Crippen LogP contribution in [-0.4, -0.2) is 25.0 Å². The smallest absolute Gasteiger partial charge is 0.253 e. The average molecular weight is 338 g/mol. The third-order valence-electron chi connectivity index (χ3n) is 3.39. The number of para-hydroxylation sites is 1. The van der Waals surface area contributed by atoms with Crippen LogP contribution in [0, 0.1) is 0 Å². The molecular formula is C20H22N2O3. The molecule has 0 heterocycles. The number of hydrogen-bond donors (Lipinski definition) is 2. The number of hydrogen-bond acceptors (Lipinski definition) is 3. The van der Waals surface area contributed by atoms with Gasteiger partial charge in [-0.15, -0.1) is 0 Å². The molecule has 0 saturated carbocycles. The topological polar surface area (TPSA) is 67.4 Å². The fourth-order valence-electron chi connectivity index (χ4n) is 2.19. The lowest BCUT2D eigenvalue weighted by Gasteiger charge is -2.12. The fourth-order valence-corrected chi connectivity index (χ4v) is 2.19. The van der Waals surface area contributed by atoms with Crippen LogP contribution < -0.4 is 15.4 Å². The minimum atomic E-state index is -0.305. The largest absolute Gasteiger partial charge is 0.497 e. The summed E-state index contributed by atoms with van der Waals surface area (Å²) in [6.45, 7) is 3.77. The van der Waals surface area contributed by atoms with Gasteiger partial charge in [0, 0.05) is 12.1 Å². The van der Waals surface area contributed by atoms with E-state index in [1.807, 2.05) is 38.1 Å². The Hall–Kier alpha value is -3.08. The lowest BCUT2D eigenvalue weighted by Crippen LogP contribution is -2.30. The molecule has 0 aromatic heterocycles. The van der Waals surface area contributed by atoms with Crippen LogP contribution in [0.15, 0.2) is 54.6 Å². The van der Waals surface area contributed by atoms with Crippen molar-refractivity contribution in [1.82, 2.24) is 5.32 Å². The van der Waals surface area contributed by atoms with Crippen LogP contribution in [0.4, 0.5) is 5.69 Å². The van der Waals surface area contributed by atoms with Crippen molar-refractivity contribution in [2.75, 3.05) is 12.4 Å². The SMILES string of the molecule is COc1ccc(C=CC(=O)Nc2ccccc2C(=O)NC(C)C)cc1. The van der Waals surface area contributed by atoms with Gasteiger partial charge in [-0.05, 0) is 49.8 Å². The number of nitrogens with one attached hydrogen (secondary N) is 2. The van der Waals surface area contributed by atoms with Crippen LogP contribution in [0.1, 0.15) is 29.8 Å². The summed E-state index contributed by atoms with van der Waals surface area (Å²) in [6, 6.07) is 14.3. The molecule has 2 rings (SSSR count). The van der Waals surface area contributed by atoms with Crippen LogP contribution in [-0.2, 0) is 4.79 Å². The molecule has 0 aliphatic heterocycles. The van der Waals surface area contributed by atoms with E-state index in [9.17, 15) is 9.59 Å². The van der Waals surface area contributed by atoms with Gasteiger partial charge in [-0.3, -0.25) is 9.59 Å². The first-order valence-corrected chi connectivity index (χ1v) is 8.02. The maximum Gasteiger partial charge on any atom is 0.253 e. The van der Waals surface area contributed by atoms with Crippen molar-refractivity contribution < 1.29 is 14.3 Å². The molecule has 5 heteroatoms. The Morgan fingerprint density at radius 2 is 1.72 bits per heavy atom. The molecule has 0 aliphatic rings. The summed E-state index contributed by atoms with van der Waals surface area (Å²) < 4.78 is 5.10. The van der Waals surface area contributed by atoms with Crippen molar-refractivity contribution in [2.24, 2.45) is 0 Å². The third-order valence-corrected chi connectivity index (χ3v) is 3.39. The van der Waals surface area contributed by atoms with Crippen molar-refractivity contribution in [3.63, 3.8) is 0 Å². The molecule has 2 aromatic rings. The zero-order valence-corrected chi connectivity index (χ0v) is 14.6. The third kappa shape index (κ3) is 5.49. The van der Waals surface area contributed by atoms with E-state index in [0.29, 0.717) is 11.3 Å². The summed E-state index contributed by atoms with van der Waals surface area (Å²) in [5.74, 6) is 0.234. The van der Waals surface area contributed by atoms with E-state index in [0.717, 1.165) is 11.3 Å². The van der Waals surface area contributed by atoms with Gasteiger partial charge in [0.05, 0.1) is 18.4 Å². The molecule has 0 saturated heterocycles. The Bertz CT molecular complexity index is 765. The summed E-state index contributed by atoms with van der Waals surface area (Å²) in [5, 5.41) is 5.57. The van der Waals surface area contributed by atoms with Gasteiger partial charge in [0.2, 0.25) is 5.91 Å². The highest BCUT2D eigenvalue weighted by atomic mass is 16.5. The zero-order chi connectivity index (χ0) is 18.2. The summed E-state index contributed by atoms with van der Waals surface area (Å²) in [5.41, 5.74) is 1.79. The molecule has 2 amide bonds. The molecule has 0 spiro atoms. The van der Waals surface area contributed by atoms with Crippen LogP contribution >= 0.6 is 0 Å². The first-order valence-electron chi connectivity index (χ1n) is 8.02. The Kier molecular flexibility index (Phi) is 6.34. The zero-order valence-electron chi connectivity index (χ0n) is 14.6. The summed E-state index contributed by atoms with van der Waals surface area (Å²) in [4.78, 5) is 24.4. The average Bonchev–Trinajstić information content (AvgIpc) is 2.60. The minimum absolute atomic E-state index is 0.0197. The molecule has 25 heavy (non-hydrogen) atoms. The number of carbonyl (C=O) groups excluding carboxylic acids is 2. The second-order valence-electron chi connectivity index (χ2n) is 5.77. The fraction of sp³-hybridized carbons (Fsp3) is 0.200. The van der Waals surface area contributed by atoms with Crippen LogP contribution in [0.3, 0.4) is 0 Å².